The number of aryl methyl sites for hydroxylation is 3. The van der Waals surface area contributed by atoms with Crippen LogP contribution in [0.25, 0.3) is 66.9 Å². The number of nitrogens with zero attached hydrogens (tertiary/aromatic N) is 4. The largest absolute Gasteiger partial charge is 0.494 e. The number of ether oxygens (including phenoxy) is 2. The molecule has 2 unspecified atom stereocenters. The van der Waals surface area contributed by atoms with Crippen LogP contribution in [0.3, 0.4) is 0 Å². The summed E-state index contributed by atoms with van der Waals surface area (Å²) in [4.78, 5) is 25.5. The Morgan fingerprint density at radius 2 is 0.959 bits per heavy atom. The number of fused-ring (bicyclic) bond motifs is 11. The van der Waals surface area contributed by atoms with Crippen molar-refractivity contribution in [2.45, 2.75) is 174 Å². The fraction of sp³-hybridized carbons (Fsp3) is 0.337. The summed E-state index contributed by atoms with van der Waals surface area (Å²) in [5, 5.41) is 10.2. The summed E-state index contributed by atoms with van der Waals surface area (Å²) in [7, 11) is 0. The normalized spacial score (nSPS) is 16.7. The number of benzene rings is 6. The van der Waals surface area contributed by atoms with Crippen LogP contribution in [0.15, 0.2) is 157 Å². The van der Waals surface area contributed by atoms with Crippen molar-refractivity contribution in [1.82, 2.24) is 8.75 Å². The van der Waals surface area contributed by atoms with E-state index in [-0.39, 0.29) is 11.5 Å². The molecular weight excluding hydrogens is 1300 g/mol. The van der Waals surface area contributed by atoms with E-state index in [1.165, 1.54) is 205 Å². The van der Waals surface area contributed by atoms with Crippen LogP contribution in [0, 0.1) is 38.7 Å². The van der Waals surface area contributed by atoms with Gasteiger partial charge in [0.05, 0.1) is 72.4 Å². The summed E-state index contributed by atoms with van der Waals surface area (Å²) >= 11 is 8.85. The minimum absolute atomic E-state index is 0.116. The fourth-order valence-electron chi connectivity index (χ4n) is 15.6. The summed E-state index contributed by atoms with van der Waals surface area (Å²) in [6.45, 7) is 20.6. The Hall–Kier alpha value is -8.07. The van der Waals surface area contributed by atoms with E-state index < -0.39 is 10.8 Å². The molecule has 5 aromatic heterocycles. The summed E-state index contributed by atoms with van der Waals surface area (Å²) < 4.78 is 25.8. The first-order valence-electron chi connectivity index (χ1n) is 35.7. The van der Waals surface area contributed by atoms with Crippen LogP contribution >= 0.6 is 57.1 Å². The maximum Gasteiger partial charge on any atom is 0.270 e. The molecule has 3 aliphatic carbocycles. The lowest BCUT2D eigenvalue weighted by molar-refractivity contribution is 0.104. The van der Waals surface area contributed by atoms with Crippen molar-refractivity contribution in [3.8, 4) is 47.5 Å². The van der Waals surface area contributed by atoms with Gasteiger partial charge in [-0.1, -0.05) is 250 Å². The first-order valence-corrected chi connectivity index (χ1v) is 39.7. The summed E-state index contributed by atoms with van der Waals surface area (Å²) in [5.41, 5.74) is 15.9. The Bertz CT molecular complexity index is 4850. The van der Waals surface area contributed by atoms with Crippen molar-refractivity contribution in [2.75, 3.05) is 13.2 Å². The van der Waals surface area contributed by atoms with Gasteiger partial charge in [0.1, 0.15) is 22.5 Å². The number of hydrogen-bond donors (Lipinski definition) is 0. The van der Waals surface area contributed by atoms with Gasteiger partial charge in [0.25, 0.3) is 5.70 Å². The van der Waals surface area contributed by atoms with Gasteiger partial charge in [-0.3, -0.25) is 4.79 Å². The first kappa shape index (κ1) is 67.1. The number of Topliss-reactive ketones (excluding diaryl/α,β-unsaturated/α-hetero) is 1. The molecule has 0 bridgehead atoms. The van der Waals surface area contributed by atoms with Crippen LogP contribution in [-0.4, -0.2) is 27.7 Å². The molecule has 5 heterocycles. The molecule has 7 nitrogen and oxygen atoms in total. The number of allylic oxidation sites excluding steroid dienone is 3. The third-order valence-corrected chi connectivity index (χ3v) is 26.2. The van der Waals surface area contributed by atoms with Gasteiger partial charge in [0.15, 0.2) is 5.78 Å². The average molecular weight is 1380 g/mol. The van der Waals surface area contributed by atoms with E-state index in [9.17, 15) is 10.1 Å². The zero-order valence-electron chi connectivity index (χ0n) is 57.0. The highest BCUT2D eigenvalue weighted by Crippen LogP contribution is 2.70. The molecule has 12 heteroatoms. The van der Waals surface area contributed by atoms with E-state index in [2.05, 4.69) is 161 Å². The topological polar surface area (TPSA) is 89.5 Å². The predicted molar refractivity (Wildman–Crippen MR) is 413 cm³/mol. The van der Waals surface area contributed by atoms with E-state index in [1.807, 2.05) is 69.6 Å². The van der Waals surface area contributed by atoms with Crippen LogP contribution in [0.2, 0.25) is 0 Å². The molecule has 98 heavy (non-hydrogen) atoms. The molecule has 14 rings (SSSR count). The quantitative estimate of drug-likeness (QED) is 0.0193. The number of hydrogen-bond acceptors (Lipinski definition) is 11. The molecule has 0 N–H and O–H groups in total. The van der Waals surface area contributed by atoms with E-state index in [4.69, 9.17) is 24.8 Å². The smallest absolute Gasteiger partial charge is 0.270 e. The Morgan fingerprint density at radius 3 is 1.45 bits per heavy atom. The minimum Gasteiger partial charge on any atom is -0.494 e. The van der Waals surface area contributed by atoms with Crippen molar-refractivity contribution < 1.29 is 14.3 Å². The van der Waals surface area contributed by atoms with E-state index in [0.29, 0.717) is 46.6 Å². The van der Waals surface area contributed by atoms with Gasteiger partial charge in [0, 0.05) is 53.6 Å². The Kier molecular flexibility index (Phi) is 20.4. The second kappa shape index (κ2) is 29.8. The Balaban J connectivity index is 0.890. The standard InChI is InChI=1S/C86H84N4O3S5/c1-7-9-11-13-15-17-19-21-23-27-49-92-63-44-40-61(41-45-63)85(59-36-31-55(3)32-37-59)69-51-57(5)94-79(69)81-74(85)83-84(96-81)75-82(97-83)80-70(86(75,60-38-33-56(4)34-39-60)62-42-46-64(47-43-62)93-50-28-24-22-20-18-16-14-12-10-8-2)53-72(95-80)67-48-35-58(76-77(67)90-98-89-76)52-68-73(71(54-87)88-6)65-29-25-26-30-66(65)78(68)91/h25-26,29-48,51-53H,7-24,27-28,49-50H2,1-5H3/b68-52-,73-71+. The van der Waals surface area contributed by atoms with Crippen molar-refractivity contribution in [3.05, 3.63) is 245 Å². The molecule has 0 radical (unpaired) electrons. The maximum atomic E-state index is 14.3. The molecule has 0 aliphatic heterocycles. The molecule has 496 valence electrons. The summed E-state index contributed by atoms with van der Waals surface area (Å²) in [6, 6.07) is 55.3. The number of ketones is 1. The first-order chi connectivity index (χ1) is 48.1. The molecule has 2 atom stereocenters. The molecule has 0 fully saturated rings. The van der Waals surface area contributed by atoms with Gasteiger partial charge >= 0.3 is 0 Å². The molecule has 11 aromatic rings. The van der Waals surface area contributed by atoms with Crippen LogP contribution in [-0.2, 0) is 10.8 Å². The van der Waals surface area contributed by atoms with Crippen molar-refractivity contribution in [3.63, 3.8) is 0 Å². The van der Waals surface area contributed by atoms with Gasteiger partial charge in [0.2, 0.25) is 0 Å². The molecule has 0 saturated heterocycles. The molecule has 6 aromatic carbocycles. The van der Waals surface area contributed by atoms with Gasteiger partial charge in [-0.05, 0) is 115 Å². The molecule has 0 amide bonds. The Morgan fingerprint density at radius 1 is 0.510 bits per heavy atom. The van der Waals surface area contributed by atoms with Crippen LogP contribution in [0.1, 0.15) is 224 Å². The number of aromatic nitrogens is 2. The molecule has 0 saturated carbocycles. The number of rotatable bonds is 30. The monoisotopic (exact) mass is 1380 g/mol. The third-order valence-electron chi connectivity index (χ3n) is 20.6. The SMILES string of the molecule is [C-]#[N+]/C(C#N)=C1/C(=C/c2ccc(-c3cc4c(s3)-c3sc5c6c(sc5c3C4(c3ccc(C)cc3)c3ccc(OCCCCCCCCCCCC)cc3)-c3sc(C)cc3C6(c3ccc(C)cc3)c3ccc(OCCCCCCCCCCCC)cc3)c3nsnc23)C(=O)c2ccccc21. The number of unbranched alkanes of at least 4 members (excludes halogenated alkanes) is 18. The summed E-state index contributed by atoms with van der Waals surface area (Å²) in [5.74, 6) is 1.58. The van der Waals surface area contributed by atoms with Crippen molar-refractivity contribution >= 4 is 94.9 Å². The average Bonchev–Trinajstić information content (AvgIpc) is 1.49. The van der Waals surface area contributed by atoms with Crippen molar-refractivity contribution in [2.24, 2.45) is 0 Å². The van der Waals surface area contributed by atoms with Gasteiger partial charge in [-0.15, -0.1) is 45.3 Å². The number of carbonyl (C=O) groups is 1. The highest BCUT2D eigenvalue weighted by atomic mass is 32.1. The zero-order valence-corrected chi connectivity index (χ0v) is 61.1. The van der Waals surface area contributed by atoms with Crippen LogP contribution in [0.5, 0.6) is 11.5 Å². The molecule has 3 aliphatic rings. The van der Waals surface area contributed by atoms with Gasteiger partial charge in [-0.2, -0.15) is 8.75 Å². The lowest BCUT2D eigenvalue weighted by Crippen LogP contribution is -2.28. The van der Waals surface area contributed by atoms with E-state index in [0.717, 1.165) is 52.0 Å². The van der Waals surface area contributed by atoms with E-state index >= 15 is 0 Å². The minimum atomic E-state index is -0.751. The number of nitriles is 1. The Labute approximate surface area is 598 Å². The maximum absolute atomic E-state index is 14.3. The number of thiophene rings is 4. The molecule has 0 spiro atoms. The van der Waals surface area contributed by atoms with Gasteiger partial charge in [-0.25, -0.2) is 10.1 Å². The molecular formula is C86H84N4O3S5. The zero-order chi connectivity index (χ0) is 67.3. The highest BCUT2D eigenvalue weighted by Gasteiger charge is 2.55. The van der Waals surface area contributed by atoms with E-state index in [1.54, 1.807) is 12.1 Å². The highest BCUT2D eigenvalue weighted by molar-refractivity contribution is 7.34. The van der Waals surface area contributed by atoms with Crippen LogP contribution < -0.4 is 9.47 Å². The third kappa shape index (κ3) is 12.4. The van der Waals surface area contributed by atoms with Crippen molar-refractivity contribution in [1.29, 1.82) is 5.26 Å². The lowest BCUT2D eigenvalue weighted by atomic mass is 9.67. The number of carbonyl (C=O) groups excluding carboxylic acids is 1. The van der Waals surface area contributed by atoms with Gasteiger partial charge < -0.3 is 9.47 Å². The fourth-order valence-corrected chi connectivity index (χ4v) is 21.9. The second-order valence-corrected chi connectivity index (χ2v) is 32.0. The summed E-state index contributed by atoms with van der Waals surface area (Å²) in [6.07, 6.45) is 27.5. The lowest BCUT2D eigenvalue weighted by Gasteiger charge is -2.34. The predicted octanol–water partition coefficient (Wildman–Crippen LogP) is 25.4. The van der Waals surface area contributed by atoms with Crippen LogP contribution in [0.4, 0.5) is 0 Å². The second-order valence-electron chi connectivity index (χ2n) is 27.1.